The number of unbranched alkanes of at least 4 members (excludes halogenated alkanes) is 5. The Morgan fingerprint density at radius 3 is 2.15 bits per heavy atom. The highest BCUT2D eigenvalue weighted by atomic mass is 16.6. The van der Waals surface area contributed by atoms with Crippen LogP contribution in [0.3, 0.4) is 0 Å². The second kappa shape index (κ2) is 11.2. The number of ether oxygens (including phenoxy) is 2. The highest BCUT2D eigenvalue weighted by molar-refractivity contribution is 5.69. The van der Waals surface area contributed by atoms with Crippen LogP contribution in [0, 0.1) is 0 Å². The standard InChI is InChI=1S/C19H36O7/c1-4-5-6-7-8-9-10-15(21)26-19(2,3)11-13-16(22)18(24)17(23)14(12-20)25-13/h13-14,16-18,20,22-24H,4-12H2,1-3H3/t13-,14+,16-,17-,18+/m0/s1. The molecule has 1 fully saturated rings. The molecule has 0 unspecified atom stereocenters. The first-order valence-electron chi connectivity index (χ1n) is 9.74. The van der Waals surface area contributed by atoms with Crippen molar-refractivity contribution in [3.05, 3.63) is 0 Å². The van der Waals surface area contributed by atoms with Crippen molar-refractivity contribution in [2.45, 2.75) is 108 Å². The van der Waals surface area contributed by atoms with Crippen LogP contribution in [0.5, 0.6) is 0 Å². The molecule has 154 valence electrons. The Morgan fingerprint density at radius 1 is 0.962 bits per heavy atom. The molecule has 0 aromatic heterocycles. The molecular weight excluding hydrogens is 340 g/mol. The summed E-state index contributed by atoms with van der Waals surface area (Å²) in [5.74, 6) is -0.296. The Bertz CT molecular complexity index is 411. The second-order valence-electron chi connectivity index (χ2n) is 7.82. The van der Waals surface area contributed by atoms with Crippen molar-refractivity contribution < 1.29 is 34.7 Å². The first-order chi connectivity index (χ1) is 12.2. The largest absolute Gasteiger partial charge is 0.460 e. The van der Waals surface area contributed by atoms with Gasteiger partial charge in [-0.25, -0.2) is 0 Å². The van der Waals surface area contributed by atoms with E-state index in [0.717, 1.165) is 19.3 Å². The number of carbonyl (C=O) groups is 1. The molecule has 1 aliphatic heterocycles. The van der Waals surface area contributed by atoms with Gasteiger partial charge in [0.05, 0.1) is 12.7 Å². The maximum atomic E-state index is 12.1. The molecule has 26 heavy (non-hydrogen) atoms. The first-order valence-corrected chi connectivity index (χ1v) is 9.74. The van der Waals surface area contributed by atoms with Gasteiger partial charge >= 0.3 is 5.97 Å². The Labute approximate surface area is 156 Å². The van der Waals surface area contributed by atoms with E-state index < -0.39 is 42.7 Å². The topological polar surface area (TPSA) is 116 Å². The molecule has 0 spiro atoms. The third-order valence-electron chi connectivity index (χ3n) is 4.81. The number of hydrogen-bond acceptors (Lipinski definition) is 7. The molecular formula is C19H36O7. The quantitative estimate of drug-likeness (QED) is 0.317. The van der Waals surface area contributed by atoms with Crippen molar-refractivity contribution in [1.29, 1.82) is 0 Å². The third kappa shape index (κ3) is 7.48. The molecule has 0 radical (unpaired) electrons. The normalized spacial score (nSPS) is 29.6. The smallest absolute Gasteiger partial charge is 0.306 e. The Hall–Kier alpha value is -0.730. The lowest BCUT2D eigenvalue weighted by molar-refractivity contribution is -0.239. The zero-order valence-electron chi connectivity index (χ0n) is 16.3. The molecule has 4 N–H and O–H groups in total. The van der Waals surface area contributed by atoms with E-state index in [-0.39, 0.29) is 12.4 Å². The van der Waals surface area contributed by atoms with Crippen LogP contribution >= 0.6 is 0 Å². The fraction of sp³-hybridized carbons (Fsp3) is 0.947. The number of hydrogen-bond donors (Lipinski definition) is 4. The molecule has 1 saturated heterocycles. The number of carbonyl (C=O) groups excluding carboxylic acids is 1. The predicted molar refractivity (Wildman–Crippen MR) is 96.5 cm³/mol. The van der Waals surface area contributed by atoms with E-state index in [4.69, 9.17) is 9.47 Å². The summed E-state index contributed by atoms with van der Waals surface area (Å²) in [4.78, 5) is 12.1. The zero-order chi connectivity index (χ0) is 19.7. The molecule has 7 heteroatoms. The minimum Gasteiger partial charge on any atom is -0.460 e. The molecule has 0 saturated carbocycles. The molecule has 1 rings (SSSR count). The van der Waals surface area contributed by atoms with Gasteiger partial charge < -0.3 is 29.9 Å². The van der Waals surface area contributed by atoms with E-state index in [2.05, 4.69) is 6.92 Å². The number of esters is 1. The van der Waals surface area contributed by atoms with Crippen molar-refractivity contribution in [2.75, 3.05) is 6.61 Å². The minimum atomic E-state index is -1.42. The Kier molecular flexibility index (Phi) is 10.0. The molecule has 0 aromatic carbocycles. The van der Waals surface area contributed by atoms with Crippen LogP contribution in [0.1, 0.15) is 72.1 Å². The molecule has 7 nitrogen and oxygen atoms in total. The van der Waals surface area contributed by atoms with E-state index >= 15 is 0 Å². The van der Waals surface area contributed by atoms with Crippen molar-refractivity contribution in [3.63, 3.8) is 0 Å². The second-order valence-corrected chi connectivity index (χ2v) is 7.82. The van der Waals surface area contributed by atoms with Crippen LogP contribution < -0.4 is 0 Å². The number of rotatable bonds is 11. The number of aliphatic hydroxyl groups excluding tert-OH is 4. The molecule has 1 aliphatic rings. The zero-order valence-corrected chi connectivity index (χ0v) is 16.3. The summed E-state index contributed by atoms with van der Waals surface area (Å²) in [6, 6.07) is 0. The summed E-state index contributed by atoms with van der Waals surface area (Å²) in [6.45, 7) is 5.12. The lowest BCUT2D eigenvalue weighted by atomic mass is 9.89. The molecule has 0 bridgehead atoms. The van der Waals surface area contributed by atoms with E-state index in [1.54, 1.807) is 13.8 Å². The van der Waals surface area contributed by atoms with Gasteiger partial charge in [0.1, 0.15) is 30.0 Å². The summed E-state index contributed by atoms with van der Waals surface area (Å²) in [5.41, 5.74) is -0.896. The van der Waals surface area contributed by atoms with E-state index in [0.29, 0.717) is 6.42 Å². The highest BCUT2D eigenvalue weighted by Gasteiger charge is 2.45. The Morgan fingerprint density at radius 2 is 1.54 bits per heavy atom. The molecule has 0 aliphatic carbocycles. The summed E-state index contributed by atoms with van der Waals surface area (Å²) in [6.07, 6.45) is 1.10. The number of aliphatic hydroxyl groups is 4. The van der Waals surface area contributed by atoms with E-state index in [1.807, 2.05) is 0 Å². The van der Waals surface area contributed by atoms with Crippen molar-refractivity contribution in [2.24, 2.45) is 0 Å². The average molecular weight is 376 g/mol. The molecule has 0 aromatic rings. The molecule has 1 heterocycles. The van der Waals surface area contributed by atoms with Crippen LogP contribution in [-0.2, 0) is 14.3 Å². The first kappa shape index (κ1) is 23.3. The lowest BCUT2D eigenvalue weighted by Gasteiger charge is -2.42. The Balaban J connectivity index is 2.43. The van der Waals surface area contributed by atoms with Crippen LogP contribution in [0.4, 0.5) is 0 Å². The van der Waals surface area contributed by atoms with Crippen LogP contribution in [0.15, 0.2) is 0 Å². The molecule has 0 amide bonds. The fourth-order valence-electron chi connectivity index (χ4n) is 3.28. The van der Waals surface area contributed by atoms with Crippen molar-refractivity contribution in [1.82, 2.24) is 0 Å². The van der Waals surface area contributed by atoms with E-state index in [1.165, 1.54) is 19.3 Å². The van der Waals surface area contributed by atoms with Crippen LogP contribution in [-0.4, -0.2) is 69.1 Å². The summed E-state index contributed by atoms with van der Waals surface area (Å²) >= 11 is 0. The lowest BCUT2D eigenvalue weighted by Crippen LogP contribution is -2.59. The molecule has 5 atom stereocenters. The third-order valence-corrected chi connectivity index (χ3v) is 4.81. The van der Waals surface area contributed by atoms with Crippen LogP contribution in [0.25, 0.3) is 0 Å². The van der Waals surface area contributed by atoms with Gasteiger partial charge in [0.15, 0.2) is 0 Å². The van der Waals surface area contributed by atoms with Crippen molar-refractivity contribution in [3.8, 4) is 0 Å². The predicted octanol–water partition coefficient (Wildman–Crippen LogP) is 1.29. The van der Waals surface area contributed by atoms with Gasteiger partial charge in [-0.05, 0) is 20.3 Å². The van der Waals surface area contributed by atoms with Gasteiger partial charge in [-0.3, -0.25) is 4.79 Å². The van der Waals surface area contributed by atoms with Crippen molar-refractivity contribution >= 4 is 5.97 Å². The maximum absolute atomic E-state index is 12.1. The van der Waals surface area contributed by atoms with Gasteiger partial charge in [-0.15, -0.1) is 0 Å². The van der Waals surface area contributed by atoms with Crippen LogP contribution in [0.2, 0.25) is 0 Å². The van der Waals surface area contributed by atoms with Gasteiger partial charge in [0.2, 0.25) is 0 Å². The maximum Gasteiger partial charge on any atom is 0.306 e. The van der Waals surface area contributed by atoms with Gasteiger partial charge in [0.25, 0.3) is 0 Å². The summed E-state index contributed by atoms with van der Waals surface area (Å²) < 4.78 is 11.0. The minimum absolute atomic E-state index is 0.149. The average Bonchev–Trinajstić information content (AvgIpc) is 2.58. The van der Waals surface area contributed by atoms with Gasteiger partial charge in [-0.1, -0.05) is 39.0 Å². The highest BCUT2D eigenvalue weighted by Crippen LogP contribution is 2.29. The monoisotopic (exact) mass is 376 g/mol. The summed E-state index contributed by atoms with van der Waals surface area (Å²) in [7, 11) is 0. The fourth-order valence-corrected chi connectivity index (χ4v) is 3.28. The SMILES string of the molecule is CCCCCCCCC(=O)OC(C)(C)C[C@@H]1O[C@H](CO)[C@H](O)[C@H](O)[C@H]1O. The van der Waals surface area contributed by atoms with Gasteiger partial charge in [-0.2, -0.15) is 0 Å². The summed E-state index contributed by atoms with van der Waals surface area (Å²) in [5, 5.41) is 39.0. The van der Waals surface area contributed by atoms with E-state index in [9.17, 15) is 25.2 Å². The van der Waals surface area contributed by atoms with Gasteiger partial charge in [0, 0.05) is 12.8 Å².